The maximum Gasteiger partial charge on any atom is 0.234 e. The number of benzene rings is 1. The molecule has 1 aromatic carbocycles. The summed E-state index contributed by atoms with van der Waals surface area (Å²) in [6.45, 7) is 2.46. The molecule has 0 saturated heterocycles. The molecule has 0 fully saturated rings. The second kappa shape index (κ2) is 7.46. The Morgan fingerprint density at radius 3 is 2.94 bits per heavy atom. The van der Waals surface area contributed by atoms with Gasteiger partial charge in [-0.15, -0.1) is 0 Å². The molecule has 0 heterocycles. The highest BCUT2D eigenvalue weighted by Crippen LogP contribution is 2.19. The highest BCUT2D eigenvalue weighted by molar-refractivity contribution is 5.75. The van der Waals surface area contributed by atoms with Gasteiger partial charge in [-0.3, -0.25) is 10.2 Å². The van der Waals surface area contributed by atoms with Gasteiger partial charge in [-0.2, -0.15) is 0 Å². The SMILES string of the molecule is CC=Cc1ccccc1OCCCC(=O)NN. The Kier molecular flexibility index (Phi) is 5.82. The van der Waals surface area contributed by atoms with Crippen molar-refractivity contribution in [2.75, 3.05) is 6.61 Å². The number of nitrogens with one attached hydrogen (secondary N) is 1. The zero-order valence-corrected chi connectivity index (χ0v) is 9.98. The third-order valence-electron chi connectivity index (χ3n) is 2.23. The van der Waals surface area contributed by atoms with Gasteiger partial charge >= 0.3 is 0 Å². The minimum atomic E-state index is -0.171. The minimum Gasteiger partial charge on any atom is -0.493 e. The number of nitrogens with two attached hydrogens (primary N) is 1. The van der Waals surface area contributed by atoms with Gasteiger partial charge in [0.15, 0.2) is 0 Å². The van der Waals surface area contributed by atoms with E-state index in [9.17, 15) is 4.79 Å². The number of carbonyl (C=O) groups excluding carboxylic acids is 1. The summed E-state index contributed by atoms with van der Waals surface area (Å²) in [5.74, 6) is 5.64. The Balaban J connectivity index is 2.43. The molecule has 0 spiro atoms. The maximum absolute atomic E-state index is 10.9. The summed E-state index contributed by atoms with van der Waals surface area (Å²) in [5.41, 5.74) is 3.13. The zero-order valence-electron chi connectivity index (χ0n) is 9.98. The lowest BCUT2D eigenvalue weighted by Gasteiger charge is -2.08. The average molecular weight is 234 g/mol. The van der Waals surface area contributed by atoms with Crippen LogP contribution in [0.15, 0.2) is 30.3 Å². The maximum atomic E-state index is 10.9. The van der Waals surface area contributed by atoms with Crippen LogP contribution >= 0.6 is 0 Å². The molecule has 4 heteroatoms. The van der Waals surface area contributed by atoms with E-state index in [1.54, 1.807) is 0 Å². The molecule has 0 radical (unpaired) electrons. The first kappa shape index (κ1) is 13.3. The molecule has 4 nitrogen and oxygen atoms in total. The van der Waals surface area contributed by atoms with Crippen LogP contribution < -0.4 is 16.0 Å². The number of amides is 1. The fourth-order valence-electron chi connectivity index (χ4n) is 1.42. The molecule has 17 heavy (non-hydrogen) atoms. The van der Waals surface area contributed by atoms with Crippen molar-refractivity contribution in [2.45, 2.75) is 19.8 Å². The highest BCUT2D eigenvalue weighted by atomic mass is 16.5. The van der Waals surface area contributed by atoms with Gasteiger partial charge in [-0.1, -0.05) is 30.4 Å². The number of para-hydroxylation sites is 1. The second-order valence-electron chi connectivity index (χ2n) is 3.56. The third kappa shape index (κ3) is 4.70. The third-order valence-corrected chi connectivity index (χ3v) is 2.23. The van der Waals surface area contributed by atoms with Gasteiger partial charge in [0.05, 0.1) is 6.61 Å². The van der Waals surface area contributed by atoms with E-state index < -0.39 is 0 Å². The number of rotatable bonds is 6. The molecule has 0 atom stereocenters. The number of carbonyl (C=O) groups is 1. The van der Waals surface area contributed by atoms with Gasteiger partial charge in [0.1, 0.15) is 5.75 Å². The summed E-state index contributed by atoms with van der Waals surface area (Å²) in [7, 11) is 0. The molecule has 0 aliphatic rings. The Labute approximate surface area is 101 Å². The normalized spacial score (nSPS) is 10.5. The smallest absolute Gasteiger partial charge is 0.234 e. The Hall–Kier alpha value is -1.81. The minimum absolute atomic E-state index is 0.171. The summed E-state index contributed by atoms with van der Waals surface area (Å²) < 4.78 is 5.61. The summed E-state index contributed by atoms with van der Waals surface area (Å²) in [6, 6.07) is 7.79. The predicted molar refractivity (Wildman–Crippen MR) is 68.2 cm³/mol. The van der Waals surface area contributed by atoms with Crippen molar-refractivity contribution in [3.63, 3.8) is 0 Å². The van der Waals surface area contributed by atoms with Crippen molar-refractivity contribution < 1.29 is 9.53 Å². The summed E-state index contributed by atoms with van der Waals surface area (Å²) in [5, 5.41) is 0. The lowest BCUT2D eigenvalue weighted by atomic mass is 10.2. The van der Waals surface area contributed by atoms with E-state index in [-0.39, 0.29) is 5.91 Å². The standard InChI is InChI=1S/C13H18N2O2/c1-2-6-11-7-3-4-8-12(11)17-10-5-9-13(16)15-14/h2-4,6-8H,5,9-10,14H2,1H3,(H,15,16). The fourth-order valence-corrected chi connectivity index (χ4v) is 1.42. The van der Waals surface area contributed by atoms with Crippen molar-refractivity contribution in [1.29, 1.82) is 0 Å². The van der Waals surface area contributed by atoms with Crippen LogP contribution in [0.1, 0.15) is 25.3 Å². The number of hydrogen-bond acceptors (Lipinski definition) is 3. The van der Waals surface area contributed by atoms with Crippen LogP contribution in [0.3, 0.4) is 0 Å². The van der Waals surface area contributed by atoms with E-state index >= 15 is 0 Å². The molecular weight excluding hydrogens is 216 g/mol. The summed E-state index contributed by atoms with van der Waals surface area (Å²) >= 11 is 0. The molecule has 92 valence electrons. The Morgan fingerprint density at radius 2 is 2.24 bits per heavy atom. The van der Waals surface area contributed by atoms with Crippen LogP contribution in [0.4, 0.5) is 0 Å². The molecule has 3 N–H and O–H groups in total. The van der Waals surface area contributed by atoms with E-state index in [4.69, 9.17) is 10.6 Å². The monoisotopic (exact) mass is 234 g/mol. The van der Waals surface area contributed by atoms with Crippen LogP contribution in [0.25, 0.3) is 6.08 Å². The largest absolute Gasteiger partial charge is 0.493 e. The molecule has 1 rings (SSSR count). The van der Waals surface area contributed by atoms with Crippen LogP contribution in [0.2, 0.25) is 0 Å². The van der Waals surface area contributed by atoms with E-state index in [1.165, 1.54) is 0 Å². The fraction of sp³-hybridized carbons (Fsp3) is 0.308. The van der Waals surface area contributed by atoms with Gasteiger partial charge in [0.25, 0.3) is 0 Å². The van der Waals surface area contributed by atoms with Crippen molar-refractivity contribution in [3.05, 3.63) is 35.9 Å². The van der Waals surface area contributed by atoms with Gasteiger partial charge in [-0.05, 0) is 19.4 Å². The van der Waals surface area contributed by atoms with Crippen molar-refractivity contribution in [1.82, 2.24) is 5.43 Å². The van der Waals surface area contributed by atoms with E-state index in [2.05, 4.69) is 5.43 Å². The number of hydrazine groups is 1. The molecule has 1 amide bonds. The first-order chi connectivity index (χ1) is 8.27. The molecule has 0 unspecified atom stereocenters. The molecule has 0 bridgehead atoms. The van der Waals surface area contributed by atoms with Gasteiger partial charge in [0, 0.05) is 12.0 Å². The number of hydrogen-bond donors (Lipinski definition) is 2. The van der Waals surface area contributed by atoms with Crippen LogP contribution in [0.5, 0.6) is 5.75 Å². The Bertz CT molecular complexity index is 389. The molecular formula is C13H18N2O2. The molecule has 0 aromatic heterocycles. The summed E-state index contributed by atoms with van der Waals surface area (Å²) in [6.07, 6.45) is 4.97. The first-order valence-electron chi connectivity index (χ1n) is 5.62. The number of allylic oxidation sites excluding steroid dienone is 1. The van der Waals surface area contributed by atoms with Crippen LogP contribution in [-0.2, 0) is 4.79 Å². The first-order valence-corrected chi connectivity index (χ1v) is 5.62. The van der Waals surface area contributed by atoms with Crippen molar-refractivity contribution in [3.8, 4) is 5.75 Å². The van der Waals surface area contributed by atoms with E-state index in [1.807, 2.05) is 43.3 Å². The highest BCUT2D eigenvalue weighted by Gasteiger charge is 2.01. The zero-order chi connectivity index (χ0) is 12.5. The van der Waals surface area contributed by atoms with E-state index in [0.29, 0.717) is 19.4 Å². The molecule has 0 saturated carbocycles. The molecule has 0 aliphatic heterocycles. The van der Waals surface area contributed by atoms with Crippen LogP contribution in [0, 0.1) is 0 Å². The average Bonchev–Trinajstić information content (AvgIpc) is 2.36. The topological polar surface area (TPSA) is 64.3 Å². The van der Waals surface area contributed by atoms with Gasteiger partial charge in [-0.25, -0.2) is 5.84 Å². The lowest BCUT2D eigenvalue weighted by molar-refractivity contribution is -0.121. The van der Waals surface area contributed by atoms with Crippen molar-refractivity contribution in [2.24, 2.45) is 5.84 Å². The Morgan fingerprint density at radius 1 is 1.47 bits per heavy atom. The van der Waals surface area contributed by atoms with E-state index in [0.717, 1.165) is 11.3 Å². The molecule has 1 aromatic rings. The lowest BCUT2D eigenvalue weighted by Crippen LogP contribution is -2.29. The quantitative estimate of drug-likeness (QED) is 0.342. The van der Waals surface area contributed by atoms with Gasteiger partial charge < -0.3 is 4.74 Å². The second-order valence-corrected chi connectivity index (χ2v) is 3.56. The summed E-state index contributed by atoms with van der Waals surface area (Å²) in [4.78, 5) is 10.9. The van der Waals surface area contributed by atoms with Gasteiger partial charge in [0.2, 0.25) is 5.91 Å². The molecule has 0 aliphatic carbocycles. The van der Waals surface area contributed by atoms with Crippen molar-refractivity contribution >= 4 is 12.0 Å². The number of ether oxygens (including phenoxy) is 1. The van der Waals surface area contributed by atoms with Crippen LogP contribution in [-0.4, -0.2) is 12.5 Å². The predicted octanol–water partition coefficient (Wildman–Crippen LogP) is 1.87.